The van der Waals surface area contributed by atoms with Gasteiger partial charge in [0.05, 0.1) is 6.54 Å². The summed E-state index contributed by atoms with van der Waals surface area (Å²) >= 11 is 0. The molecule has 0 saturated carbocycles. The maximum absolute atomic E-state index is 4.42. The van der Waals surface area contributed by atoms with E-state index in [1.54, 1.807) is 12.4 Å². The molecular formula is C11H13N3. The van der Waals surface area contributed by atoms with Crippen molar-refractivity contribution >= 4 is 5.84 Å². The van der Waals surface area contributed by atoms with Crippen molar-refractivity contribution in [3.05, 3.63) is 41.9 Å². The van der Waals surface area contributed by atoms with Gasteiger partial charge in [0.1, 0.15) is 5.84 Å². The zero-order valence-corrected chi connectivity index (χ0v) is 8.20. The van der Waals surface area contributed by atoms with Crippen LogP contribution in [0.15, 0.2) is 41.3 Å². The molecule has 2 rings (SSSR count). The average molecular weight is 187 g/mol. The predicted octanol–water partition coefficient (Wildman–Crippen LogP) is 1.53. The summed E-state index contributed by atoms with van der Waals surface area (Å²) in [7, 11) is 0. The molecule has 1 aliphatic heterocycles. The van der Waals surface area contributed by atoms with E-state index in [4.69, 9.17) is 0 Å². The van der Waals surface area contributed by atoms with Crippen molar-refractivity contribution in [3.8, 4) is 0 Å². The molecule has 0 saturated heterocycles. The van der Waals surface area contributed by atoms with Gasteiger partial charge in [-0.3, -0.25) is 9.98 Å². The van der Waals surface area contributed by atoms with Crippen LogP contribution in [-0.4, -0.2) is 17.4 Å². The van der Waals surface area contributed by atoms with Crippen molar-refractivity contribution in [1.29, 1.82) is 0 Å². The molecule has 1 aromatic heterocycles. The van der Waals surface area contributed by atoms with Gasteiger partial charge in [-0.25, -0.2) is 0 Å². The Balaban J connectivity index is 2.00. The Hall–Kier alpha value is -1.64. The summed E-state index contributed by atoms with van der Waals surface area (Å²) in [5.41, 5.74) is 2.50. The molecule has 0 radical (unpaired) electrons. The Morgan fingerprint density at radius 2 is 2.14 bits per heavy atom. The van der Waals surface area contributed by atoms with Crippen LogP contribution in [0.25, 0.3) is 0 Å². The number of amidine groups is 1. The lowest BCUT2D eigenvalue weighted by atomic mass is 10.1. The number of nitrogens with one attached hydrogen (secondary N) is 1. The van der Waals surface area contributed by atoms with Crippen LogP contribution in [0.4, 0.5) is 0 Å². The summed E-state index contributed by atoms with van der Waals surface area (Å²) in [6.07, 6.45) is 6.48. The van der Waals surface area contributed by atoms with Crippen LogP contribution in [0, 0.1) is 0 Å². The van der Waals surface area contributed by atoms with E-state index in [1.165, 1.54) is 11.1 Å². The molecule has 3 nitrogen and oxygen atoms in total. The minimum Gasteiger partial charge on any atom is -0.350 e. The van der Waals surface area contributed by atoms with Gasteiger partial charge >= 0.3 is 0 Å². The fraction of sp³-hybridized carbons (Fsp3) is 0.273. The normalized spacial score (nSPS) is 15.5. The molecule has 0 fully saturated rings. The van der Waals surface area contributed by atoms with Gasteiger partial charge in [-0.05, 0) is 30.2 Å². The maximum Gasteiger partial charge on any atom is 0.105 e. The van der Waals surface area contributed by atoms with Gasteiger partial charge in [0.25, 0.3) is 0 Å². The van der Waals surface area contributed by atoms with E-state index >= 15 is 0 Å². The first-order valence-corrected chi connectivity index (χ1v) is 4.69. The number of pyridine rings is 1. The van der Waals surface area contributed by atoms with Crippen LogP contribution >= 0.6 is 0 Å². The number of aromatic nitrogens is 1. The Morgan fingerprint density at radius 1 is 1.36 bits per heavy atom. The summed E-state index contributed by atoms with van der Waals surface area (Å²) in [5, 5.41) is 3.18. The highest BCUT2D eigenvalue weighted by molar-refractivity contribution is 5.86. The fourth-order valence-electron chi connectivity index (χ4n) is 1.32. The Kier molecular flexibility index (Phi) is 2.58. The second-order valence-electron chi connectivity index (χ2n) is 3.43. The molecule has 72 valence electrons. The number of nitrogens with zero attached hydrogens (tertiary/aromatic N) is 2. The number of hydrogen-bond donors (Lipinski definition) is 1. The molecule has 14 heavy (non-hydrogen) atoms. The van der Waals surface area contributed by atoms with Gasteiger partial charge in [-0.15, -0.1) is 0 Å². The van der Waals surface area contributed by atoms with Gasteiger partial charge in [0.2, 0.25) is 0 Å². The Bertz CT molecular complexity index is 365. The molecule has 0 aromatic carbocycles. The quantitative estimate of drug-likeness (QED) is 0.762. The lowest BCUT2D eigenvalue weighted by Gasteiger charge is -2.12. The van der Waals surface area contributed by atoms with Crippen molar-refractivity contribution in [2.75, 3.05) is 6.54 Å². The Morgan fingerprint density at radius 3 is 2.79 bits per heavy atom. The predicted molar refractivity (Wildman–Crippen MR) is 57.1 cm³/mol. The molecule has 0 bridgehead atoms. The lowest BCUT2D eigenvalue weighted by molar-refractivity contribution is 0.994. The summed E-state index contributed by atoms with van der Waals surface area (Å²) in [6, 6.07) is 4.02. The second-order valence-corrected chi connectivity index (χ2v) is 3.43. The molecule has 1 aromatic rings. The molecule has 2 heterocycles. The van der Waals surface area contributed by atoms with E-state index in [0.29, 0.717) is 0 Å². The third-order valence-electron chi connectivity index (χ3n) is 2.13. The first kappa shape index (κ1) is 8.94. The fourth-order valence-corrected chi connectivity index (χ4v) is 1.32. The first-order chi connectivity index (χ1) is 6.84. The molecule has 0 unspecified atom stereocenters. The third-order valence-corrected chi connectivity index (χ3v) is 2.13. The van der Waals surface area contributed by atoms with Crippen LogP contribution in [0.2, 0.25) is 0 Å². The van der Waals surface area contributed by atoms with Crippen molar-refractivity contribution in [2.45, 2.75) is 13.3 Å². The second kappa shape index (κ2) is 4.05. The number of hydrogen-bond acceptors (Lipinski definition) is 3. The minimum atomic E-state index is 0.813. The summed E-state index contributed by atoms with van der Waals surface area (Å²) in [5.74, 6) is 1.03. The topological polar surface area (TPSA) is 37.3 Å². The van der Waals surface area contributed by atoms with Gasteiger partial charge in [-0.1, -0.05) is 0 Å². The molecule has 0 spiro atoms. The molecule has 0 amide bonds. The van der Waals surface area contributed by atoms with Crippen molar-refractivity contribution in [3.63, 3.8) is 0 Å². The van der Waals surface area contributed by atoms with Gasteiger partial charge in [-0.2, -0.15) is 0 Å². The van der Waals surface area contributed by atoms with Crippen LogP contribution < -0.4 is 5.32 Å². The SMILES string of the molecule is CC1=CNC(Cc2ccncc2)=NC1. The maximum atomic E-state index is 4.42. The van der Waals surface area contributed by atoms with E-state index < -0.39 is 0 Å². The average Bonchev–Trinajstić information content (AvgIpc) is 2.23. The molecular weight excluding hydrogens is 174 g/mol. The first-order valence-electron chi connectivity index (χ1n) is 4.69. The van der Waals surface area contributed by atoms with Gasteiger partial charge in [0, 0.05) is 25.0 Å². The third kappa shape index (κ3) is 2.19. The van der Waals surface area contributed by atoms with Gasteiger partial charge < -0.3 is 5.32 Å². The van der Waals surface area contributed by atoms with Crippen molar-refractivity contribution < 1.29 is 0 Å². The summed E-state index contributed by atoms with van der Waals surface area (Å²) in [6.45, 7) is 2.88. The smallest absolute Gasteiger partial charge is 0.105 e. The monoisotopic (exact) mass is 187 g/mol. The van der Waals surface area contributed by atoms with E-state index in [2.05, 4.69) is 22.2 Å². The van der Waals surface area contributed by atoms with Crippen LogP contribution in [0.1, 0.15) is 12.5 Å². The zero-order chi connectivity index (χ0) is 9.80. The summed E-state index contributed by atoms with van der Waals surface area (Å²) < 4.78 is 0. The van der Waals surface area contributed by atoms with Crippen LogP contribution in [0.3, 0.4) is 0 Å². The van der Waals surface area contributed by atoms with Gasteiger partial charge in [0.15, 0.2) is 0 Å². The molecule has 0 atom stereocenters. The molecule has 0 aliphatic carbocycles. The van der Waals surface area contributed by atoms with Crippen LogP contribution in [-0.2, 0) is 6.42 Å². The minimum absolute atomic E-state index is 0.813. The highest BCUT2D eigenvalue weighted by atomic mass is 15.0. The zero-order valence-electron chi connectivity index (χ0n) is 8.20. The summed E-state index contributed by atoms with van der Waals surface area (Å²) in [4.78, 5) is 8.40. The number of aliphatic imine (C=N–C) groups is 1. The molecule has 1 aliphatic rings. The van der Waals surface area contributed by atoms with E-state index in [0.717, 1.165) is 18.8 Å². The highest BCUT2D eigenvalue weighted by Crippen LogP contribution is 2.03. The van der Waals surface area contributed by atoms with Crippen LogP contribution in [0.5, 0.6) is 0 Å². The number of rotatable bonds is 2. The van der Waals surface area contributed by atoms with Crippen molar-refractivity contribution in [1.82, 2.24) is 10.3 Å². The van der Waals surface area contributed by atoms with E-state index in [-0.39, 0.29) is 0 Å². The highest BCUT2D eigenvalue weighted by Gasteiger charge is 2.03. The van der Waals surface area contributed by atoms with E-state index in [9.17, 15) is 0 Å². The van der Waals surface area contributed by atoms with Crippen molar-refractivity contribution in [2.24, 2.45) is 4.99 Å². The standard InChI is InChI=1S/C11H13N3/c1-9-7-13-11(14-8-9)6-10-2-4-12-5-3-10/h2-5,7H,6,8H2,1H3,(H,13,14). The molecule has 1 N–H and O–H groups in total. The molecule has 3 heteroatoms. The lowest BCUT2D eigenvalue weighted by Crippen LogP contribution is -2.24. The van der Waals surface area contributed by atoms with E-state index in [1.807, 2.05) is 18.3 Å². The Labute approximate surface area is 83.6 Å². The largest absolute Gasteiger partial charge is 0.350 e.